The Morgan fingerprint density at radius 2 is 1.58 bits per heavy atom. The predicted octanol–water partition coefficient (Wildman–Crippen LogP) is 5.08. The summed E-state index contributed by atoms with van der Waals surface area (Å²) in [5.41, 5.74) is 1.97. The van der Waals surface area contributed by atoms with Crippen LogP contribution in [0, 0.1) is 5.92 Å². The Hall–Kier alpha value is -2.49. The maximum Gasteiger partial charge on any atom is 0.265 e. The lowest BCUT2D eigenvalue weighted by Crippen LogP contribution is -2.30. The Morgan fingerprint density at radius 3 is 2.15 bits per heavy atom. The van der Waals surface area contributed by atoms with E-state index in [4.69, 9.17) is 9.47 Å². The van der Waals surface area contributed by atoms with Gasteiger partial charge in [0.2, 0.25) is 0 Å². The fraction of sp³-hybridized carbons (Fsp3) is 0.409. The summed E-state index contributed by atoms with van der Waals surface area (Å²) >= 11 is 0. The predicted molar refractivity (Wildman–Crippen MR) is 106 cm³/mol. The van der Waals surface area contributed by atoms with Gasteiger partial charge < -0.3 is 14.8 Å². The molecule has 0 aromatic heterocycles. The molecule has 1 N–H and O–H groups in total. The van der Waals surface area contributed by atoms with Crippen LogP contribution in [0.3, 0.4) is 0 Å². The van der Waals surface area contributed by atoms with E-state index < -0.39 is 6.10 Å². The van der Waals surface area contributed by atoms with Crippen molar-refractivity contribution in [2.45, 2.75) is 46.6 Å². The number of nitrogens with one attached hydrogen (secondary N) is 1. The lowest BCUT2D eigenvalue weighted by atomic mass is 10.1. The SMILES string of the molecule is CCc1ccc(OC(C)C(=O)Nc2ccc(OCCC(C)C)cc2)cc1. The van der Waals surface area contributed by atoms with Gasteiger partial charge in [-0.15, -0.1) is 0 Å². The van der Waals surface area contributed by atoms with Crippen LogP contribution in [0.15, 0.2) is 48.5 Å². The van der Waals surface area contributed by atoms with Crippen LogP contribution in [-0.4, -0.2) is 18.6 Å². The third kappa shape index (κ3) is 6.43. The van der Waals surface area contributed by atoms with Crippen LogP contribution < -0.4 is 14.8 Å². The van der Waals surface area contributed by atoms with Crippen molar-refractivity contribution in [3.05, 3.63) is 54.1 Å². The van der Waals surface area contributed by atoms with E-state index in [-0.39, 0.29) is 5.91 Å². The van der Waals surface area contributed by atoms with Gasteiger partial charge in [0.05, 0.1) is 6.61 Å². The second-order valence-electron chi connectivity index (χ2n) is 6.80. The molecule has 0 saturated heterocycles. The van der Waals surface area contributed by atoms with E-state index in [1.807, 2.05) is 48.5 Å². The van der Waals surface area contributed by atoms with Crippen molar-refractivity contribution < 1.29 is 14.3 Å². The van der Waals surface area contributed by atoms with Gasteiger partial charge in [-0.2, -0.15) is 0 Å². The fourth-order valence-corrected chi connectivity index (χ4v) is 2.35. The second-order valence-corrected chi connectivity index (χ2v) is 6.80. The van der Waals surface area contributed by atoms with E-state index in [1.165, 1.54) is 5.56 Å². The van der Waals surface area contributed by atoms with Crippen LogP contribution >= 0.6 is 0 Å². The molecule has 0 aliphatic heterocycles. The van der Waals surface area contributed by atoms with Crippen molar-refractivity contribution in [2.75, 3.05) is 11.9 Å². The average Bonchev–Trinajstić information content (AvgIpc) is 2.63. The summed E-state index contributed by atoms with van der Waals surface area (Å²) in [7, 11) is 0. The van der Waals surface area contributed by atoms with Gasteiger partial charge in [-0.3, -0.25) is 4.79 Å². The lowest BCUT2D eigenvalue weighted by molar-refractivity contribution is -0.122. The van der Waals surface area contributed by atoms with E-state index in [0.717, 1.165) is 24.3 Å². The van der Waals surface area contributed by atoms with Crippen molar-refractivity contribution in [1.29, 1.82) is 0 Å². The number of rotatable bonds is 9. The number of ether oxygens (including phenoxy) is 2. The fourth-order valence-electron chi connectivity index (χ4n) is 2.35. The molecule has 0 aliphatic rings. The zero-order valence-electron chi connectivity index (χ0n) is 16.1. The normalized spacial score (nSPS) is 11.9. The first kappa shape index (κ1) is 19.8. The molecule has 140 valence electrons. The molecule has 2 rings (SSSR count). The smallest absolute Gasteiger partial charge is 0.265 e. The minimum atomic E-state index is -0.579. The second kappa shape index (κ2) is 9.85. The van der Waals surface area contributed by atoms with Gasteiger partial charge in [-0.05, 0) is 67.6 Å². The van der Waals surface area contributed by atoms with Crippen molar-refractivity contribution in [3.8, 4) is 11.5 Å². The molecule has 2 aromatic rings. The lowest BCUT2D eigenvalue weighted by Gasteiger charge is -2.15. The molecule has 0 bridgehead atoms. The summed E-state index contributed by atoms with van der Waals surface area (Å²) in [4.78, 5) is 12.3. The van der Waals surface area contributed by atoms with Crippen molar-refractivity contribution >= 4 is 11.6 Å². The number of hydrogen-bond donors (Lipinski definition) is 1. The minimum Gasteiger partial charge on any atom is -0.494 e. The minimum absolute atomic E-state index is 0.182. The highest BCUT2D eigenvalue weighted by Gasteiger charge is 2.15. The van der Waals surface area contributed by atoms with E-state index in [9.17, 15) is 4.79 Å². The topological polar surface area (TPSA) is 47.6 Å². The van der Waals surface area contributed by atoms with E-state index in [2.05, 4.69) is 26.1 Å². The number of amides is 1. The summed E-state index contributed by atoms with van der Waals surface area (Å²) in [6.45, 7) is 8.89. The largest absolute Gasteiger partial charge is 0.494 e. The molecule has 1 atom stereocenters. The van der Waals surface area contributed by atoms with E-state index >= 15 is 0 Å². The Labute approximate surface area is 156 Å². The quantitative estimate of drug-likeness (QED) is 0.682. The molecule has 0 heterocycles. The summed E-state index contributed by atoms with van der Waals surface area (Å²) < 4.78 is 11.4. The van der Waals surface area contributed by atoms with Crippen LogP contribution in [0.4, 0.5) is 5.69 Å². The van der Waals surface area contributed by atoms with Crippen LogP contribution in [-0.2, 0) is 11.2 Å². The molecule has 4 heteroatoms. The first-order valence-electron chi connectivity index (χ1n) is 9.27. The monoisotopic (exact) mass is 355 g/mol. The highest BCUT2D eigenvalue weighted by atomic mass is 16.5. The molecule has 0 fully saturated rings. The molecule has 2 aromatic carbocycles. The van der Waals surface area contributed by atoms with Gasteiger partial charge in [-0.1, -0.05) is 32.9 Å². The Kier molecular flexibility index (Phi) is 7.52. The molecule has 26 heavy (non-hydrogen) atoms. The third-order valence-electron chi connectivity index (χ3n) is 4.10. The number of carbonyl (C=O) groups is 1. The summed E-state index contributed by atoms with van der Waals surface area (Å²) in [5.74, 6) is 1.94. The summed E-state index contributed by atoms with van der Waals surface area (Å²) in [6, 6.07) is 15.2. The summed E-state index contributed by atoms with van der Waals surface area (Å²) in [5, 5.41) is 2.87. The number of benzene rings is 2. The van der Waals surface area contributed by atoms with Gasteiger partial charge in [-0.25, -0.2) is 0 Å². The van der Waals surface area contributed by atoms with Crippen molar-refractivity contribution in [1.82, 2.24) is 0 Å². The maximum atomic E-state index is 12.3. The zero-order chi connectivity index (χ0) is 18.9. The maximum absolute atomic E-state index is 12.3. The number of hydrogen-bond acceptors (Lipinski definition) is 3. The average molecular weight is 355 g/mol. The molecule has 0 spiro atoms. The molecule has 4 nitrogen and oxygen atoms in total. The Bertz CT molecular complexity index is 678. The van der Waals surface area contributed by atoms with Gasteiger partial charge in [0.25, 0.3) is 5.91 Å². The van der Waals surface area contributed by atoms with Gasteiger partial charge in [0.15, 0.2) is 6.10 Å². The number of carbonyl (C=O) groups excluding carboxylic acids is 1. The number of anilines is 1. The van der Waals surface area contributed by atoms with E-state index in [1.54, 1.807) is 6.92 Å². The third-order valence-corrected chi connectivity index (χ3v) is 4.10. The molecule has 1 amide bonds. The van der Waals surface area contributed by atoms with Gasteiger partial charge in [0, 0.05) is 5.69 Å². The van der Waals surface area contributed by atoms with Crippen molar-refractivity contribution in [3.63, 3.8) is 0 Å². The zero-order valence-corrected chi connectivity index (χ0v) is 16.1. The first-order valence-corrected chi connectivity index (χ1v) is 9.27. The standard InChI is InChI=1S/C22H29NO3/c1-5-18-6-10-21(11-7-18)26-17(4)22(24)23-19-8-12-20(13-9-19)25-15-14-16(2)3/h6-13,16-17H,5,14-15H2,1-4H3,(H,23,24). The highest BCUT2D eigenvalue weighted by Crippen LogP contribution is 2.18. The molecule has 0 aliphatic carbocycles. The van der Waals surface area contributed by atoms with Gasteiger partial charge >= 0.3 is 0 Å². The van der Waals surface area contributed by atoms with Crippen molar-refractivity contribution in [2.24, 2.45) is 5.92 Å². The molecular weight excluding hydrogens is 326 g/mol. The highest BCUT2D eigenvalue weighted by molar-refractivity contribution is 5.94. The van der Waals surface area contributed by atoms with Gasteiger partial charge in [0.1, 0.15) is 11.5 Å². The van der Waals surface area contributed by atoms with E-state index in [0.29, 0.717) is 18.3 Å². The Morgan fingerprint density at radius 1 is 0.962 bits per heavy atom. The van der Waals surface area contributed by atoms with Crippen LogP contribution in [0.5, 0.6) is 11.5 Å². The molecule has 1 unspecified atom stereocenters. The number of aryl methyl sites for hydroxylation is 1. The van der Waals surface area contributed by atoms with Crippen LogP contribution in [0.1, 0.15) is 39.7 Å². The molecule has 0 radical (unpaired) electrons. The first-order chi connectivity index (χ1) is 12.5. The van der Waals surface area contributed by atoms with Crippen LogP contribution in [0.25, 0.3) is 0 Å². The Balaban J connectivity index is 1.83. The summed E-state index contributed by atoms with van der Waals surface area (Å²) in [6.07, 6.45) is 1.42. The molecule has 0 saturated carbocycles. The molecular formula is C22H29NO3. The van der Waals surface area contributed by atoms with Crippen LogP contribution in [0.2, 0.25) is 0 Å².